The van der Waals surface area contributed by atoms with E-state index in [-0.39, 0.29) is 30.3 Å². The van der Waals surface area contributed by atoms with Crippen LogP contribution in [0.3, 0.4) is 0 Å². The van der Waals surface area contributed by atoms with Crippen molar-refractivity contribution in [1.29, 1.82) is 0 Å². The summed E-state index contributed by atoms with van der Waals surface area (Å²) >= 11 is 6.11. The minimum Gasteiger partial charge on any atom is -0.497 e. The number of nitrogens with zero attached hydrogens (tertiary/aromatic N) is 1. The van der Waals surface area contributed by atoms with E-state index >= 15 is 0 Å². The van der Waals surface area contributed by atoms with Crippen LogP contribution in [0, 0.1) is 11.8 Å². The number of carbonyl (C=O) groups excluding carboxylic acids is 3. The molecule has 216 valence electrons. The van der Waals surface area contributed by atoms with Crippen LogP contribution in [0.4, 0.5) is 0 Å². The van der Waals surface area contributed by atoms with Gasteiger partial charge in [-0.05, 0) is 55.2 Å². The van der Waals surface area contributed by atoms with Gasteiger partial charge in [-0.25, -0.2) is 0 Å². The van der Waals surface area contributed by atoms with Gasteiger partial charge in [-0.3, -0.25) is 14.4 Å². The molecule has 2 N–H and O–H groups in total. The van der Waals surface area contributed by atoms with Crippen LogP contribution in [0.1, 0.15) is 50.2 Å². The summed E-state index contributed by atoms with van der Waals surface area (Å²) in [4.78, 5) is 43.7. The van der Waals surface area contributed by atoms with Crippen LogP contribution in [0.15, 0.2) is 60.7 Å². The van der Waals surface area contributed by atoms with Gasteiger partial charge in [0.25, 0.3) is 0 Å². The third-order valence-electron chi connectivity index (χ3n) is 9.17. The van der Waals surface area contributed by atoms with Gasteiger partial charge in [0.2, 0.25) is 17.7 Å². The van der Waals surface area contributed by atoms with E-state index in [1.165, 1.54) is 6.42 Å². The highest BCUT2D eigenvalue weighted by molar-refractivity contribution is 6.30. The van der Waals surface area contributed by atoms with Gasteiger partial charge in [0, 0.05) is 24.2 Å². The first-order valence-corrected chi connectivity index (χ1v) is 14.8. The standard InChI is InChI=1S/C32H36ClN3O5/c1-31-16-17-32(41-31)26(25(31)28(37)34-18-20-10-14-24(40-2)15-11-20)30(39)36(19-21-8-12-22(33)13-9-21)27(32)29(38)35-23-6-4-3-5-7-23/h8-17,23,25-27H,3-7,18-19H2,1-2H3,(H,34,37)(H,35,38)/t25-,26+,27-,31-,32+/m1/s1. The van der Waals surface area contributed by atoms with E-state index in [1.807, 2.05) is 55.5 Å². The Morgan fingerprint density at radius 1 is 1.00 bits per heavy atom. The van der Waals surface area contributed by atoms with Gasteiger partial charge in [-0.15, -0.1) is 0 Å². The normalized spacial score (nSPS) is 30.4. The van der Waals surface area contributed by atoms with Crippen molar-refractivity contribution in [2.75, 3.05) is 7.11 Å². The number of amides is 3. The van der Waals surface area contributed by atoms with Gasteiger partial charge in [0.15, 0.2) is 0 Å². The van der Waals surface area contributed by atoms with Gasteiger partial charge in [-0.2, -0.15) is 0 Å². The smallest absolute Gasteiger partial charge is 0.246 e. The third kappa shape index (κ3) is 4.91. The minimum atomic E-state index is -1.22. The average molecular weight is 578 g/mol. The molecule has 0 radical (unpaired) electrons. The molecule has 2 bridgehead atoms. The summed E-state index contributed by atoms with van der Waals surface area (Å²) in [5.41, 5.74) is -0.468. The van der Waals surface area contributed by atoms with Crippen molar-refractivity contribution in [1.82, 2.24) is 15.5 Å². The lowest BCUT2D eigenvalue weighted by molar-refractivity contribution is -0.145. The SMILES string of the molecule is COc1ccc(CNC(=O)[C@H]2[C@H]3C(=O)N(Cc4ccc(Cl)cc4)[C@H](C(=O)NC4CCCCC4)[C@]34C=C[C@@]2(C)O4)cc1. The number of likely N-dealkylation sites (tertiary alicyclic amines) is 1. The second kappa shape index (κ2) is 10.8. The molecule has 4 aliphatic rings. The zero-order valence-electron chi connectivity index (χ0n) is 23.4. The van der Waals surface area contributed by atoms with Crippen LogP contribution in [-0.2, 0) is 32.2 Å². The minimum absolute atomic E-state index is 0.0703. The monoisotopic (exact) mass is 577 g/mol. The molecular formula is C32H36ClN3O5. The molecule has 8 nitrogen and oxygen atoms in total. The van der Waals surface area contributed by atoms with Crippen molar-refractivity contribution in [3.63, 3.8) is 0 Å². The Morgan fingerprint density at radius 2 is 1.68 bits per heavy atom. The molecule has 2 aromatic carbocycles. The Labute approximate surface area is 245 Å². The summed E-state index contributed by atoms with van der Waals surface area (Å²) in [5.74, 6) is -1.61. The molecule has 3 amide bonds. The summed E-state index contributed by atoms with van der Waals surface area (Å²) in [6.45, 7) is 2.35. The topological polar surface area (TPSA) is 97.0 Å². The highest BCUT2D eigenvalue weighted by Gasteiger charge is 2.76. The van der Waals surface area contributed by atoms with Crippen LogP contribution < -0.4 is 15.4 Å². The fourth-order valence-electron chi connectivity index (χ4n) is 7.16. The number of carbonyl (C=O) groups is 3. The number of methoxy groups -OCH3 is 1. The molecule has 2 aromatic rings. The van der Waals surface area contributed by atoms with Crippen molar-refractivity contribution < 1.29 is 23.9 Å². The van der Waals surface area contributed by atoms with Crippen LogP contribution in [0.2, 0.25) is 5.02 Å². The lowest BCUT2D eigenvalue weighted by atomic mass is 9.70. The number of rotatable bonds is 8. The Bertz CT molecular complexity index is 1360. The largest absolute Gasteiger partial charge is 0.497 e. The fourth-order valence-corrected chi connectivity index (χ4v) is 7.28. The Hall–Kier alpha value is -3.36. The number of halogens is 1. The number of benzene rings is 2. The first-order chi connectivity index (χ1) is 19.7. The molecule has 3 fully saturated rings. The molecule has 41 heavy (non-hydrogen) atoms. The van der Waals surface area contributed by atoms with Crippen molar-refractivity contribution in [2.24, 2.45) is 11.8 Å². The zero-order valence-corrected chi connectivity index (χ0v) is 24.2. The predicted molar refractivity (Wildman–Crippen MR) is 154 cm³/mol. The molecule has 6 rings (SSSR count). The van der Waals surface area contributed by atoms with Crippen molar-refractivity contribution in [3.8, 4) is 5.75 Å². The summed E-state index contributed by atoms with van der Waals surface area (Å²) in [5, 5.41) is 6.84. The van der Waals surface area contributed by atoms with Crippen molar-refractivity contribution in [2.45, 2.75) is 75.4 Å². The van der Waals surface area contributed by atoms with Gasteiger partial charge in [0.1, 0.15) is 17.4 Å². The number of nitrogens with one attached hydrogen (secondary N) is 2. The van der Waals surface area contributed by atoms with Gasteiger partial charge in [0.05, 0.1) is 24.5 Å². The van der Waals surface area contributed by atoms with Crippen LogP contribution in [-0.4, -0.2) is 53.0 Å². The third-order valence-corrected chi connectivity index (χ3v) is 9.42. The number of fused-ring (bicyclic) bond motifs is 1. The summed E-state index contributed by atoms with van der Waals surface area (Å²) < 4.78 is 11.9. The molecular weight excluding hydrogens is 542 g/mol. The molecule has 0 unspecified atom stereocenters. The Kier molecular flexibility index (Phi) is 7.32. The van der Waals surface area contributed by atoms with E-state index in [9.17, 15) is 14.4 Å². The molecule has 1 aliphatic carbocycles. The lowest BCUT2D eigenvalue weighted by Gasteiger charge is -2.34. The maximum atomic E-state index is 14.3. The lowest BCUT2D eigenvalue weighted by Crippen LogP contribution is -2.56. The molecule has 9 heteroatoms. The zero-order chi connectivity index (χ0) is 28.8. The number of hydrogen-bond donors (Lipinski definition) is 2. The summed E-state index contributed by atoms with van der Waals surface area (Å²) in [6.07, 6.45) is 8.87. The van der Waals surface area contributed by atoms with E-state index in [1.54, 1.807) is 24.1 Å². The first kappa shape index (κ1) is 27.8. The Balaban J connectivity index is 1.29. The van der Waals surface area contributed by atoms with Crippen molar-refractivity contribution in [3.05, 3.63) is 76.8 Å². The first-order valence-electron chi connectivity index (χ1n) is 14.4. The molecule has 1 saturated carbocycles. The van der Waals surface area contributed by atoms with Crippen LogP contribution in [0.5, 0.6) is 5.75 Å². The van der Waals surface area contributed by atoms with E-state index < -0.39 is 29.1 Å². The average Bonchev–Trinajstić information content (AvgIpc) is 3.54. The maximum absolute atomic E-state index is 14.3. The molecule has 1 spiro atoms. The molecule has 5 atom stereocenters. The number of hydrogen-bond acceptors (Lipinski definition) is 5. The maximum Gasteiger partial charge on any atom is 0.246 e. The molecule has 3 aliphatic heterocycles. The van der Waals surface area contributed by atoms with Crippen LogP contribution >= 0.6 is 11.6 Å². The van der Waals surface area contributed by atoms with E-state index in [4.69, 9.17) is 21.1 Å². The summed E-state index contributed by atoms with van der Waals surface area (Å²) in [6, 6.07) is 13.9. The Morgan fingerprint density at radius 3 is 2.37 bits per heavy atom. The van der Waals surface area contributed by atoms with Gasteiger partial charge in [-0.1, -0.05) is 67.3 Å². The van der Waals surface area contributed by atoms with Gasteiger partial charge < -0.3 is 25.0 Å². The fraction of sp³-hybridized carbons (Fsp3) is 0.469. The predicted octanol–water partition coefficient (Wildman–Crippen LogP) is 4.15. The second-order valence-corrected chi connectivity index (χ2v) is 12.3. The van der Waals surface area contributed by atoms with E-state index in [0.29, 0.717) is 11.6 Å². The second-order valence-electron chi connectivity index (χ2n) is 11.8. The van der Waals surface area contributed by atoms with Crippen LogP contribution in [0.25, 0.3) is 0 Å². The highest BCUT2D eigenvalue weighted by atomic mass is 35.5. The van der Waals surface area contributed by atoms with Gasteiger partial charge >= 0.3 is 0 Å². The van der Waals surface area contributed by atoms with Crippen molar-refractivity contribution >= 4 is 29.3 Å². The van der Waals surface area contributed by atoms with E-state index in [0.717, 1.165) is 42.6 Å². The summed E-state index contributed by atoms with van der Waals surface area (Å²) in [7, 11) is 1.60. The highest BCUT2D eigenvalue weighted by Crippen LogP contribution is 2.59. The quantitative estimate of drug-likeness (QED) is 0.459. The molecule has 3 heterocycles. The molecule has 2 saturated heterocycles. The number of ether oxygens (including phenoxy) is 2. The van der Waals surface area contributed by atoms with E-state index in [2.05, 4.69) is 10.6 Å². The molecule has 0 aromatic heterocycles.